The fraction of sp³-hybridized carbons (Fsp3) is 0.381. The maximum absolute atomic E-state index is 11.4. The zero-order chi connectivity index (χ0) is 19.2. The maximum atomic E-state index is 11.4. The first-order valence-electron chi connectivity index (χ1n) is 9.22. The number of para-hydroxylation sites is 2. The number of hydrogen-bond acceptors (Lipinski definition) is 4. The molecule has 0 aliphatic carbocycles. The quantitative estimate of drug-likeness (QED) is 0.827. The highest BCUT2D eigenvalue weighted by molar-refractivity contribution is 6.33. The standard InChI is InChI=1S/C21H26ClN3O2/c1-16-6-5-8-18(22)21(16)25-12-10-24(11-13-25)14-17-7-3-4-9-19(17)27-15-20(26)23-2/h3-9H,10-15H2,1-2H3,(H,23,26). The van der Waals surface area contributed by atoms with E-state index >= 15 is 0 Å². The third-order valence-corrected chi connectivity index (χ3v) is 5.19. The minimum absolute atomic E-state index is 0.0348. The van der Waals surface area contributed by atoms with Gasteiger partial charge in [0.05, 0.1) is 10.7 Å². The molecule has 1 heterocycles. The normalized spacial score (nSPS) is 14.9. The van der Waals surface area contributed by atoms with E-state index in [0.717, 1.165) is 54.7 Å². The Kier molecular flexibility index (Phi) is 6.58. The molecule has 144 valence electrons. The van der Waals surface area contributed by atoms with Crippen LogP contribution in [0.5, 0.6) is 5.75 Å². The van der Waals surface area contributed by atoms with E-state index in [2.05, 4.69) is 34.2 Å². The van der Waals surface area contributed by atoms with Crippen LogP contribution in [0.25, 0.3) is 0 Å². The van der Waals surface area contributed by atoms with Crippen molar-refractivity contribution >= 4 is 23.2 Å². The Bertz CT molecular complexity index is 768. The summed E-state index contributed by atoms with van der Waals surface area (Å²) in [6, 6.07) is 14.0. The number of anilines is 1. The lowest BCUT2D eigenvalue weighted by Gasteiger charge is -2.37. The number of halogens is 1. The van der Waals surface area contributed by atoms with E-state index in [4.69, 9.17) is 16.3 Å². The molecule has 1 aliphatic heterocycles. The number of piperazine rings is 1. The van der Waals surface area contributed by atoms with E-state index in [9.17, 15) is 4.79 Å². The van der Waals surface area contributed by atoms with Gasteiger partial charge in [-0.05, 0) is 24.6 Å². The zero-order valence-electron chi connectivity index (χ0n) is 15.9. The van der Waals surface area contributed by atoms with Gasteiger partial charge in [-0.15, -0.1) is 0 Å². The second kappa shape index (κ2) is 9.11. The van der Waals surface area contributed by atoms with Gasteiger partial charge in [-0.3, -0.25) is 9.69 Å². The van der Waals surface area contributed by atoms with Crippen LogP contribution in [0.1, 0.15) is 11.1 Å². The second-order valence-electron chi connectivity index (χ2n) is 6.74. The Hall–Kier alpha value is -2.24. The van der Waals surface area contributed by atoms with Gasteiger partial charge in [0.15, 0.2) is 6.61 Å². The van der Waals surface area contributed by atoms with E-state index < -0.39 is 0 Å². The largest absolute Gasteiger partial charge is 0.483 e. The first-order chi connectivity index (χ1) is 13.1. The summed E-state index contributed by atoms with van der Waals surface area (Å²) in [7, 11) is 1.61. The highest BCUT2D eigenvalue weighted by atomic mass is 35.5. The van der Waals surface area contributed by atoms with Crippen LogP contribution in [0.15, 0.2) is 42.5 Å². The van der Waals surface area contributed by atoms with Crippen LogP contribution in [0.4, 0.5) is 5.69 Å². The average molecular weight is 388 g/mol. The molecule has 1 N–H and O–H groups in total. The summed E-state index contributed by atoms with van der Waals surface area (Å²) in [5.41, 5.74) is 3.46. The van der Waals surface area contributed by atoms with Gasteiger partial charge in [-0.25, -0.2) is 0 Å². The Labute approximate surface area is 165 Å². The maximum Gasteiger partial charge on any atom is 0.257 e. The lowest BCUT2D eigenvalue weighted by atomic mass is 10.1. The van der Waals surface area contributed by atoms with Crippen molar-refractivity contribution in [2.75, 3.05) is 44.7 Å². The molecule has 6 heteroatoms. The third kappa shape index (κ3) is 4.93. The van der Waals surface area contributed by atoms with Gasteiger partial charge in [0.1, 0.15) is 5.75 Å². The summed E-state index contributed by atoms with van der Waals surface area (Å²) in [5.74, 6) is 0.638. The van der Waals surface area contributed by atoms with Crippen molar-refractivity contribution < 1.29 is 9.53 Å². The molecule has 0 aromatic heterocycles. The van der Waals surface area contributed by atoms with Crippen molar-refractivity contribution in [1.29, 1.82) is 0 Å². The topological polar surface area (TPSA) is 44.8 Å². The first-order valence-corrected chi connectivity index (χ1v) is 9.60. The van der Waals surface area contributed by atoms with Crippen molar-refractivity contribution in [1.82, 2.24) is 10.2 Å². The van der Waals surface area contributed by atoms with Crippen LogP contribution in [0, 0.1) is 6.92 Å². The molecule has 5 nitrogen and oxygen atoms in total. The molecular weight excluding hydrogens is 362 g/mol. The van der Waals surface area contributed by atoms with Crippen molar-refractivity contribution in [3.8, 4) is 5.75 Å². The zero-order valence-corrected chi connectivity index (χ0v) is 16.6. The van der Waals surface area contributed by atoms with Gasteiger partial charge in [0, 0.05) is 45.3 Å². The number of nitrogens with zero attached hydrogens (tertiary/aromatic N) is 2. The molecule has 0 unspecified atom stereocenters. The lowest BCUT2D eigenvalue weighted by Crippen LogP contribution is -2.46. The van der Waals surface area contributed by atoms with E-state index in [0.29, 0.717) is 0 Å². The summed E-state index contributed by atoms with van der Waals surface area (Å²) in [6.45, 7) is 6.72. The van der Waals surface area contributed by atoms with Crippen molar-refractivity contribution in [3.63, 3.8) is 0 Å². The highest BCUT2D eigenvalue weighted by Gasteiger charge is 2.21. The Morgan fingerprint density at radius 3 is 2.56 bits per heavy atom. The van der Waals surface area contributed by atoms with Gasteiger partial charge in [0.2, 0.25) is 0 Å². The SMILES string of the molecule is CNC(=O)COc1ccccc1CN1CCN(c2c(C)cccc2Cl)CC1. The number of benzene rings is 2. The van der Waals surface area contributed by atoms with Gasteiger partial charge in [-0.2, -0.15) is 0 Å². The number of rotatable bonds is 6. The fourth-order valence-corrected chi connectivity index (χ4v) is 3.73. The molecule has 2 aromatic carbocycles. The van der Waals surface area contributed by atoms with Crippen LogP contribution in [0.3, 0.4) is 0 Å². The number of carbonyl (C=O) groups excluding carboxylic acids is 1. The number of aryl methyl sites for hydroxylation is 1. The molecule has 0 bridgehead atoms. The molecule has 2 aromatic rings. The number of nitrogens with one attached hydrogen (secondary N) is 1. The van der Waals surface area contributed by atoms with Crippen LogP contribution in [0.2, 0.25) is 5.02 Å². The van der Waals surface area contributed by atoms with Gasteiger partial charge in [0.25, 0.3) is 5.91 Å². The second-order valence-corrected chi connectivity index (χ2v) is 7.15. The summed E-state index contributed by atoms with van der Waals surface area (Å²) in [4.78, 5) is 16.2. The van der Waals surface area contributed by atoms with E-state index in [1.807, 2.05) is 30.3 Å². The predicted molar refractivity (Wildman–Crippen MR) is 110 cm³/mol. The molecule has 0 spiro atoms. The van der Waals surface area contributed by atoms with E-state index in [1.54, 1.807) is 7.05 Å². The molecule has 1 saturated heterocycles. The molecule has 1 amide bonds. The highest BCUT2D eigenvalue weighted by Crippen LogP contribution is 2.30. The van der Waals surface area contributed by atoms with E-state index in [1.165, 1.54) is 5.56 Å². The smallest absolute Gasteiger partial charge is 0.257 e. The molecule has 0 radical (unpaired) electrons. The Morgan fingerprint density at radius 2 is 1.85 bits per heavy atom. The van der Waals surface area contributed by atoms with Crippen molar-refractivity contribution in [2.45, 2.75) is 13.5 Å². The monoisotopic (exact) mass is 387 g/mol. The molecule has 0 saturated carbocycles. The Morgan fingerprint density at radius 1 is 1.11 bits per heavy atom. The van der Waals surface area contributed by atoms with Crippen LogP contribution >= 0.6 is 11.6 Å². The minimum Gasteiger partial charge on any atom is -0.483 e. The summed E-state index contributed by atoms with van der Waals surface area (Å²) in [5, 5.41) is 3.39. The third-order valence-electron chi connectivity index (χ3n) is 4.88. The van der Waals surface area contributed by atoms with Crippen LogP contribution in [-0.4, -0.2) is 50.6 Å². The first kappa shape index (κ1) is 19.5. The predicted octanol–water partition coefficient (Wildman–Crippen LogP) is 3.10. The Balaban J connectivity index is 1.60. The average Bonchev–Trinajstić information content (AvgIpc) is 2.68. The summed E-state index contributed by atoms with van der Waals surface area (Å²) in [6.07, 6.45) is 0. The minimum atomic E-state index is -0.131. The lowest BCUT2D eigenvalue weighted by molar-refractivity contribution is -0.122. The van der Waals surface area contributed by atoms with Crippen molar-refractivity contribution in [2.24, 2.45) is 0 Å². The molecule has 0 atom stereocenters. The number of carbonyl (C=O) groups is 1. The number of likely N-dealkylation sites (N-methyl/N-ethyl adjacent to an activating group) is 1. The number of hydrogen-bond donors (Lipinski definition) is 1. The molecule has 3 rings (SSSR count). The van der Waals surface area contributed by atoms with Crippen LogP contribution < -0.4 is 15.0 Å². The molecular formula is C21H26ClN3O2. The fourth-order valence-electron chi connectivity index (χ4n) is 3.38. The van der Waals surface area contributed by atoms with Gasteiger partial charge < -0.3 is 15.0 Å². The molecule has 1 aliphatic rings. The number of ether oxygens (including phenoxy) is 1. The number of amides is 1. The van der Waals surface area contributed by atoms with Crippen molar-refractivity contribution in [3.05, 3.63) is 58.6 Å². The van der Waals surface area contributed by atoms with Gasteiger partial charge >= 0.3 is 0 Å². The van der Waals surface area contributed by atoms with E-state index in [-0.39, 0.29) is 12.5 Å². The summed E-state index contributed by atoms with van der Waals surface area (Å²) < 4.78 is 5.69. The van der Waals surface area contributed by atoms with Gasteiger partial charge in [-0.1, -0.05) is 41.9 Å². The van der Waals surface area contributed by atoms with Crippen LogP contribution in [-0.2, 0) is 11.3 Å². The summed E-state index contributed by atoms with van der Waals surface area (Å²) >= 11 is 6.42. The molecule has 1 fully saturated rings. The molecule has 27 heavy (non-hydrogen) atoms.